The van der Waals surface area contributed by atoms with Crippen LogP contribution < -0.4 is 10.2 Å². The molecule has 31 heavy (non-hydrogen) atoms. The minimum atomic E-state index is -4.48. The van der Waals surface area contributed by atoms with Gasteiger partial charge in [0.15, 0.2) is 0 Å². The molecule has 1 fully saturated rings. The van der Waals surface area contributed by atoms with E-state index < -0.39 is 17.6 Å². The number of halogens is 3. The first-order chi connectivity index (χ1) is 14.9. The van der Waals surface area contributed by atoms with E-state index in [1.807, 2.05) is 4.90 Å². The van der Waals surface area contributed by atoms with Crippen molar-refractivity contribution in [2.75, 3.05) is 23.3 Å². The summed E-state index contributed by atoms with van der Waals surface area (Å²) in [5.74, 6) is -0.454. The van der Waals surface area contributed by atoms with Crippen LogP contribution in [0.5, 0.6) is 0 Å². The molecule has 0 spiro atoms. The van der Waals surface area contributed by atoms with Gasteiger partial charge >= 0.3 is 6.18 Å². The molecule has 0 unspecified atom stereocenters. The van der Waals surface area contributed by atoms with E-state index >= 15 is 0 Å². The van der Waals surface area contributed by atoms with E-state index in [9.17, 15) is 18.0 Å². The first-order valence-corrected chi connectivity index (χ1v) is 10.1. The van der Waals surface area contributed by atoms with Crippen LogP contribution in [0, 0.1) is 0 Å². The molecule has 4 rings (SSSR count). The van der Waals surface area contributed by atoms with Crippen molar-refractivity contribution in [3.8, 4) is 0 Å². The lowest BCUT2D eigenvalue weighted by molar-refractivity contribution is -0.137. The van der Waals surface area contributed by atoms with Gasteiger partial charge in [-0.15, -0.1) is 0 Å². The molecule has 1 amide bonds. The molecule has 3 aromatic rings. The van der Waals surface area contributed by atoms with Crippen LogP contribution in [0.1, 0.15) is 40.7 Å². The van der Waals surface area contributed by atoms with E-state index in [2.05, 4.69) is 15.4 Å². The molecule has 0 atom stereocenters. The first kappa shape index (κ1) is 20.9. The zero-order chi connectivity index (χ0) is 21.8. The minimum absolute atomic E-state index is 0.174. The van der Waals surface area contributed by atoms with Gasteiger partial charge < -0.3 is 10.2 Å². The highest BCUT2D eigenvalue weighted by Crippen LogP contribution is 2.36. The molecule has 1 aliphatic heterocycles. The number of benzene rings is 2. The van der Waals surface area contributed by atoms with Gasteiger partial charge in [-0.25, -0.2) is 9.67 Å². The Balaban J connectivity index is 1.55. The Labute approximate surface area is 177 Å². The van der Waals surface area contributed by atoms with E-state index in [4.69, 9.17) is 0 Å². The highest BCUT2D eigenvalue weighted by molar-refractivity contribution is 6.06. The maximum atomic E-state index is 13.3. The Morgan fingerprint density at radius 3 is 2.42 bits per heavy atom. The van der Waals surface area contributed by atoms with Gasteiger partial charge in [-0.3, -0.25) is 4.79 Å². The van der Waals surface area contributed by atoms with Crippen molar-refractivity contribution in [2.24, 2.45) is 0 Å². The summed E-state index contributed by atoms with van der Waals surface area (Å²) in [6, 6.07) is 10.4. The molecular formula is C22H22F3N5O. The van der Waals surface area contributed by atoms with Gasteiger partial charge in [0.05, 0.1) is 23.5 Å². The van der Waals surface area contributed by atoms with Crippen LogP contribution in [0.25, 0.3) is 0 Å². The van der Waals surface area contributed by atoms with Crippen LogP contribution in [0.4, 0.5) is 24.5 Å². The second kappa shape index (κ2) is 8.79. The summed E-state index contributed by atoms with van der Waals surface area (Å²) < 4.78 is 41.4. The maximum absolute atomic E-state index is 13.3. The van der Waals surface area contributed by atoms with E-state index in [-0.39, 0.29) is 5.69 Å². The number of carbonyl (C=O) groups is 1. The number of anilines is 2. The molecule has 9 heteroatoms. The lowest BCUT2D eigenvalue weighted by atomic mass is 10.1. The molecule has 2 heterocycles. The fourth-order valence-corrected chi connectivity index (χ4v) is 3.68. The second-order valence-electron chi connectivity index (χ2n) is 7.52. The zero-order valence-electron chi connectivity index (χ0n) is 16.8. The average molecular weight is 429 g/mol. The number of nitrogens with zero attached hydrogens (tertiary/aromatic N) is 4. The Morgan fingerprint density at radius 2 is 1.77 bits per heavy atom. The molecular weight excluding hydrogens is 407 g/mol. The lowest BCUT2D eigenvalue weighted by Crippen LogP contribution is -2.30. The van der Waals surface area contributed by atoms with Crippen LogP contribution >= 0.6 is 0 Å². The van der Waals surface area contributed by atoms with E-state index in [1.54, 1.807) is 35.3 Å². The van der Waals surface area contributed by atoms with E-state index in [0.29, 0.717) is 17.8 Å². The summed E-state index contributed by atoms with van der Waals surface area (Å²) >= 11 is 0. The topological polar surface area (TPSA) is 63.1 Å². The van der Waals surface area contributed by atoms with Gasteiger partial charge in [0.1, 0.15) is 12.7 Å². The average Bonchev–Trinajstić information content (AvgIpc) is 3.27. The number of nitrogens with one attached hydrogen (secondary N) is 1. The van der Waals surface area contributed by atoms with Crippen LogP contribution in [-0.4, -0.2) is 33.8 Å². The predicted molar refractivity (Wildman–Crippen MR) is 111 cm³/mol. The van der Waals surface area contributed by atoms with Crippen LogP contribution in [0.15, 0.2) is 55.1 Å². The Hall–Kier alpha value is -3.36. The molecule has 162 valence electrons. The van der Waals surface area contributed by atoms with E-state index in [1.165, 1.54) is 12.4 Å². The SMILES string of the molecule is O=C(Nc1cc(C(F)(F)F)ccc1N1CCCCC1)c1ccc(Cn2cncn2)cc1. The van der Waals surface area contributed by atoms with Crippen molar-refractivity contribution < 1.29 is 18.0 Å². The lowest BCUT2D eigenvalue weighted by Gasteiger charge is -2.31. The molecule has 0 aliphatic carbocycles. The largest absolute Gasteiger partial charge is 0.416 e. The monoisotopic (exact) mass is 429 g/mol. The number of rotatable bonds is 5. The van der Waals surface area contributed by atoms with Gasteiger partial charge in [0, 0.05) is 18.7 Å². The molecule has 2 aromatic carbocycles. The molecule has 0 saturated carbocycles. The van der Waals surface area contributed by atoms with Crippen LogP contribution in [0.2, 0.25) is 0 Å². The number of amides is 1. The summed E-state index contributed by atoms with van der Waals surface area (Å²) in [5, 5.41) is 6.73. The number of aromatic nitrogens is 3. The molecule has 1 aromatic heterocycles. The third kappa shape index (κ3) is 5.04. The number of hydrogen-bond donors (Lipinski definition) is 1. The quantitative estimate of drug-likeness (QED) is 0.645. The van der Waals surface area contributed by atoms with Gasteiger partial charge in [-0.2, -0.15) is 18.3 Å². The summed E-state index contributed by atoms with van der Waals surface area (Å²) in [6.07, 6.45) is 1.60. The fraction of sp³-hybridized carbons (Fsp3) is 0.318. The van der Waals surface area contributed by atoms with Gasteiger partial charge in [-0.05, 0) is 55.2 Å². The summed E-state index contributed by atoms with van der Waals surface area (Å²) in [4.78, 5) is 18.7. The Morgan fingerprint density at radius 1 is 1.03 bits per heavy atom. The second-order valence-corrected chi connectivity index (χ2v) is 7.52. The summed E-state index contributed by atoms with van der Waals surface area (Å²) in [6.45, 7) is 2.02. The molecule has 0 bridgehead atoms. The summed E-state index contributed by atoms with van der Waals surface area (Å²) in [7, 11) is 0. The van der Waals surface area contributed by atoms with Crippen LogP contribution in [-0.2, 0) is 12.7 Å². The molecule has 1 aliphatic rings. The smallest absolute Gasteiger partial charge is 0.370 e. The van der Waals surface area contributed by atoms with Crippen molar-refractivity contribution in [3.63, 3.8) is 0 Å². The Bertz CT molecular complexity index is 1030. The number of alkyl halides is 3. The normalized spacial score (nSPS) is 14.5. The van der Waals surface area contributed by atoms with Gasteiger partial charge in [0.2, 0.25) is 0 Å². The Kier molecular flexibility index (Phi) is 5.92. The van der Waals surface area contributed by atoms with Crippen molar-refractivity contribution in [1.29, 1.82) is 0 Å². The highest BCUT2D eigenvalue weighted by atomic mass is 19.4. The summed E-state index contributed by atoms with van der Waals surface area (Å²) in [5.41, 5.74) is 1.29. The van der Waals surface area contributed by atoms with Crippen molar-refractivity contribution in [2.45, 2.75) is 32.0 Å². The molecule has 6 nitrogen and oxygen atoms in total. The molecule has 0 radical (unpaired) electrons. The molecule has 1 saturated heterocycles. The van der Waals surface area contributed by atoms with Gasteiger partial charge in [-0.1, -0.05) is 12.1 Å². The standard InChI is InChI=1S/C22H22F3N5O/c23-22(24,25)18-8-9-20(29-10-2-1-3-11-29)19(12-18)28-21(31)17-6-4-16(5-7-17)13-30-15-26-14-27-30/h4-9,12,14-15H,1-3,10-11,13H2,(H,28,31). The van der Waals surface area contributed by atoms with Gasteiger partial charge in [0.25, 0.3) is 5.91 Å². The number of piperidine rings is 1. The zero-order valence-corrected chi connectivity index (χ0v) is 16.8. The highest BCUT2D eigenvalue weighted by Gasteiger charge is 2.32. The third-order valence-electron chi connectivity index (χ3n) is 5.30. The number of hydrogen-bond acceptors (Lipinski definition) is 4. The molecule has 1 N–H and O–H groups in total. The van der Waals surface area contributed by atoms with Crippen molar-refractivity contribution in [1.82, 2.24) is 14.8 Å². The first-order valence-electron chi connectivity index (χ1n) is 10.1. The van der Waals surface area contributed by atoms with Crippen LogP contribution in [0.3, 0.4) is 0 Å². The maximum Gasteiger partial charge on any atom is 0.416 e. The van der Waals surface area contributed by atoms with Crippen molar-refractivity contribution in [3.05, 3.63) is 71.8 Å². The minimum Gasteiger partial charge on any atom is -0.370 e. The third-order valence-corrected chi connectivity index (χ3v) is 5.30. The van der Waals surface area contributed by atoms with Crippen molar-refractivity contribution >= 4 is 17.3 Å². The number of carbonyl (C=O) groups excluding carboxylic acids is 1. The predicted octanol–water partition coefficient (Wildman–Crippen LogP) is 4.59. The fourth-order valence-electron chi connectivity index (χ4n) is 3.68. The van der Waals surface area contributed by atoms with E-state index in [0.717, 1.165) is 50.0 Å².